The average Bonchev–Trinajstić information content (AvgIpc) is 2.61. The van der Waals surface area contributed by atoms with Gasteiger partial charge in [-0.15, -0.1) is 0 Å². The SMILES string of the molecule is CC1(C)C2CCC1(C)C(O)(O)C2c1ccc(F)cc1. The molecule has 0 radical (unpaired) electrons. The summed E-state index contributed by atoms with van der Waals surface area (Å²) >= 11 is 0. The Kier molecular flexibility index (Phi) is 2.47. The van der Waals surface area contributed by atoms with E-state index < -0.39 is 11.2 Å². The Labute approximate surface area is 113 Å². The van der Waals surface area contributed by atoms with Crippen molar-refractivity contribution in [1.82, 2.24) is 0 Å². The van der Waals surface area contributed by atoms with E-state index in [-0.39, 0.29) is 23.1 Å². The van der Waals surface area contributed by atoms with Crippen LogP contribution in [0.1, 0.15) is 45.1 Å². The first-order valence-corrected chi connectivity index (χ1v) is 6.92. The predicted molar refractivity (Wildman–Crippen MR) is 70.9 cm³/mol. The summed E-state index contributed by atoms with van der Waals surface area (Å²) in [7, 11) is 0. The number of fused-ring (bicyclic) bond motifs is 2. The van der Waals surface area contributed by atoms with Crippen molar-refractivity contribution in [2.75, 3.05) is 0 Å². The Morgan fingerprint density at radius 2 is 1.68 bits per heavy atom. The number of hydrogen-bond donors (Lipinski definition) is 2. The molecule has 19 heavy (non-hydrogen) atoms. The zero-order chi connectivity index (χ0) is 14.1. The van der Waals surface area contributed by atoms with E-state index in [1.165, 1.54) is 12.1 Å². The molecule has 0 heterocycles. The van der Waals surface area contributed by atoms with Crippen molar-refractivity contribution >= 4 is 0 Å². The number of benzene rings is 1. The van der Waals surface area contributed by atoms with E-state index in [2.05, 4.69) is 13.8 Å². The van der Waals surface area contributed by atoms with Gasteiger partial charge in [0.15, 0.2) is 5.79 Å². The monoisotopic (exact) mass is 264 g/mol. The molecule has 2 N–H and O–H groups in total. The van der Waals surface area contributed by atoms with E-state index in [9.17, 15) is 14.6 Å². The van der Waals surface area contributed by atoms with Gasteiger partial charge >= 0.3 is 0 Å². The zero-order valence-electron chi connectivity index (χ0n) is 11.7. The second kappa shape index (κ2) is 3.58. The van der Waals surface area contributed by atoms with Crippen molar-refractivity contribution in [2.45, 2.75) is 45.3 Å². The molecule has 0 aromatic heterocycles. The van der Waals surface area contributed by atoms with Crippen LogP contribution in [0.4, 0.5) is 4.39 Å². The fourth-order valence-corrected chi connectivity index (χ4v) is 4.54. The van der Waals surface area contributed by atoms with E-state index in [1.807, 2.05) is 6.92 Å². The van der Waals surface area contributed by atoms with Gasteiger partial charge in [-0.1, -0.05) is 32.9 Å². The normalized spacial score (nSPS) is 38.6. The summed E-state index contributed by atoms with van der Waals surface area (Å²) in [6.07, 6.45) is 1.82. The minimum absolute atomic E-state index is 0.129. The van der Waals surface area contributed by atoms with Crippen LogP contribution in [0.3, 0.4) is 0 Å². The number of hydrogen-bond acceptors (Lipinski definition) is 2. The second-order valence-corrected chi connectivity index (χ2v) is 6.95. The fraction of sp³-hybridized carbons (Fsp3) is 0.625. The molecule has 0 amide bonds. The molecule has 2 aliphatic rings. The molecular weight excluding hydrogens is 243 g/mol. The van der Waals surface area contributed by atoms with Gasteiger partial charge in [-0.2, -0.15) is 0 Å². The first-order chi connectivity index (χ1) is 8.72. The van der Waals surface area contributed by atoms with Gasteiger partial charge < -0.3 is 10.2 Å². The van der Waals surface area contributed by atoms with Crippen LogP contribution < -0.4 is 0 Å². The Bertz CT molecular complexity index is 506. The van der Waals surface area contributed by atoms with Crippen LogP contribution in [-0.2, 0) is 0 Å². The molecule has 104 valence electrons. The molecule has 2 bridgehead atoms. The summed E-state index contributed by atoms with van der Waals surface area (Å²) < 4.78 is 13.1. The van der Waals surface area contributed by atoms with Crippen molar-refractivity contribution in [3.8, 4) is 0 Å². The van der Waals surface area contributed by atoms with Gasteiger partial charge in [0.2, 0.25) is 0 Å². The molecule has 0 aliphatic heterocycles. The lowest BCUT2D eigenvalue weighted by Gasteiger charge is -2.43. The molecule has 3 rings (SSSR count). The maximum absolute atomic E-state index is 13.1. The van der Waals surface area contributed by atoms with E-state index in [1.54, 1.807) is 12.1 Å². The Balaban J connectivity index is 2.11. The van der Waals surface area contributed by atoms with Gasteiger partial charge in [0, 0.05) is 11.3 Å². The molecule has 0 spiro atoms. The highest BCUT2D eigenvalue weighted by Crippen LogP contribution is 2.73. The maximum atomic E-state index is 13.1. The summed E-state index contributed by atoms with van der Waals surface area (Å²) in [5.74, 6) is -2.13. The molecule has 2 saturated carbocycles. The summed E-state index contributed by atoms with van der Waals surface area (Å²) in [4.78, 5) is 0. The van der Waals surface area contributed by atoms with Gasteiger partial charge in [0.05, 0.1) is 0 Å². The topological polar surface area (TPSA) is 40.5 Å². The molecular formula is C16H21FO2. The number of rotatable bonds is 1. The Hall–Kier alpha value is -0.930. The third-order valence-corrected chi connectivity index (χ3v) is 6.18. The Morgan fingerprint density at radius 1 is 1.11 bits per heavy atom. The van der Waals surface area contributed by atoms with Gasteiger partial charge in [-0.3, -0.25) is 0 Å². The quantitative estimate of drug-likeness (QED) is 0.765. The molecule has 1 aromatic carbocycles. The van der Waals surface area contributed by atoms with Crippen molar-refractivity contribution in [3.05, 3.63) is 35.6 Å². The van der Waals surface area contributed by atoms with E-state index in [0.717, 1.165) is 18.4 Å². The van der Waals surface area contributed by atoms with E-state index >= 15 is 0 Å². The Morgan fingerprint density at radius 3 is 2.16 bits per heavy atom. The molecule has 2 fully saturated rings. The van der Waals surface area contributed by atoms with Gasteiger partial charge in [0.1, 0.15) is 5.82 Å². The van der Waals surface area contributed by atoms with E-state index in [0.29, 0.717) is 0 Å². The first-order valence-electron chi connectivity index (χ1n) is 6.92. The number of halogens is 1. The molecule has 0 saturated heterocycles. The van der Waals surface area contributed by atoms with Crippen molar-refractivity contribution in [1.29, 1.82) is 0 Å². The smallest absolute Gasteiger partial charge is 0.175 e. The minimum atomic E-state index is -1.72. The average molecular weight is 264 g/mol. The highest BCUT2D eigenvalue weighted by atomic mass is 19.1. The largest absolute Gasteiger partial charge is 0.365 e. The molecule has 2 nitrogen and oxygen atoms in total. The zero-order valence-corrected chi connectivity index (χ0v) is 11.7. The molecule has 3 atom stereocenters. The maximum Gasteiger partial charge on any atom is 0.175 e. The highest BCUT2D eigenvalue weighted by molar-refractivity contribution is 5.32. The molecule has 3 unspecified atom stereocenters. The van der Waals surface area contributed by atoms with Crippen molar-refractivity contribution in [3.63, 3.8) is 0 Å². The van der Waals surface area contributed by atoms with Crippen molar-refractivity contribution in [2.24, 2.45) is 16.7 Å². The van der Waals surface area contributed by atoms with Crippen LogP contribution in [0.2, 0.25) is 0 Å². The predicted octanol–water partition coefficient (Wildman–Crippen LogP) is 3.05. The molecule has 2 aliphatic carbocycles. The van der Waals surface area contributed by atoms with Crippen LogP contribution >= 0.6 is 0 Å². The highest BCUT2D eigenvalue weighted by Gasteiger charge is 2.73. The summed E-state index contributed by atoms with van der Waals surface area (Å²) in [5, 5.41) is 21.4. The summed E-state index contributed by atoms with van der Waals surface area (Å²) in [5.41, 5.74) is 0.187. The molecule has 1 aromatic rings. The third-order valence-electron chi connectivity index (χ3n) is 6.18. The first kappa shape index (κ1) is 13.1. The standard InChI is InChI=1S/C16H21FO2/c1-14(2)12-8-9-15(14,3)16(18,19)13(12)10-4-6-11(17)7-5-10/h4-7,12-13,18-19H,8-9H2,1-3H3. The van der Waals surface area contributed by atoms with Gasteiger partial charge in [0.25, 0.3) is 0 Å². The lowest BCUT2D eigenvalue weighted by atomic mass is 9.68. The van der Waals surface area contributed by atoms with Crippen molar-refractivity contribution < 1.29 is 14.6 Å². The minimum Gasteiger partial charge on any atom is -0.365 e. The van der Waals surface area contributed by atoms with E-state index in [4.69, 9.17) is 0 Å². The number of aliphatic hydroxyl groups is 2. The van der Waals surface area contributed by atoms with Crippen LogP contribution in [-0.4, -0.2) is 16.0 Å². The lowest BCUT2D eigenvalue weighted by Crippen LogP contribution is -2.50. The third kappa shape index (κ3) is 1.38. The van der Waals surface area contributed by atoms with Crippen LogP contribution in [0.5, 0.6) is 0 Å². The second-order valence-electron chi connectivity index (χ2n) is 6.95. The van der Waals surface area contributed by atoms with Gasteiger partial charge in [-0.05, 0) is 41.9 Å². The fourth-order valence-electron chi connectivity index (χ4n) is 4.54. The van der Waals surface area contributed by atoms with Crippen LogP contribution in [0.15, 0.2) is 24.3 Å². The lowest BCUT2D eigenvalue weighted by molar-refractivity contribution is -0.251. The van der Waals surface area contributed by atoms with Crippen LogP contribution in [0.25, 0.3) is 0 Å². The van der Waals surface area contributed by atoms with Gasteiger partial charge in [-0.25, -0.2) is 4.39 Å². The molecule has 3 heteroatoms. The summed E-state index contributed by atoms with van der Waals surface area (Å²) in [6.45, 7) is 6.21. The van der Waals surface area contributed by atoms with Crippen LogP contribution in [0, 0.1) is 22.6 Å². The summed E-state index contributed by atoms with van der Waals surface area (Å²) in [6, 6.07) is 6.15.